The SMILES string of the molecule is C.CC(=O)NNC(=O)C1CCC(CNC(=O)OC(C)(C)C)CC1.CC(C)(C)OC(=O)NCC1CCC(C(=O)O)CC1.Cc1nnc(C2CCC(CNC(=O)OC(C)(C)C)CC2)o1. The summed E-state index contributed by atoms with van der Waals surface area (Å²) in [6, 6.07) is 0. The Balaban J connectivity index is 0.000000464. The summed E-state index contributed by atoms with van der Waals surface area (Å²) in [6.07, 6.45) is 9.40. The number of carboxylic acids is 1. The van der Waals surface area contributed by atoms with Gasteiger partial charge in [0.05, 0.1) is 5.92 Å². The molecule has 5 amide bonds. The van der Waals surface area contributed by atoms with Gasteiger partial charge in [0.15, 0.2) is 0 Å². The second-order valence-electron chi connectivity index (χ2n) is 19.5. The van der Waals surface area contributed by atoms with Gasteiger partial charge in [-0.25, -0.2) is 14.4 Å². The molecule has 18 nitrogen and oxygen atoms in total. The topological polar surface area (TPSA) is 249 Å². The van der Waals surface area contributed by atoms with Crippen LogP contribution in [0.25, 0.3) is 0 Å². The van der Waals surface area contributed by atoms with Crippen molar-refractivity contribution in [3.05, 3.63) is 11.8 Å². The van der Waals surface area contributed by atoms with E-state index in [0.717, 1.165) is 70.1 Å². The van der Waals surface area contributed by atoms with Crippen molar-refractivity contribution in [2.75, 3.05) is 19.6 Å². The average Bonchev–Trinajstić information content (AvgIpc) is 3.59. The lowest BCUT2D eigenvalue weighted by Gasteiger charge is -2.28. The largest absolute Gasteiger partial charge is 0.481 e. The maximum Gasteiger partial charge on any atom is 0.407 e. The first-order valence-corrected chi connectivity index (χ1v) is 21.8. The summed E-state index contributed by atoms with van der Waals surface area (Å²) in [7, 11) is 0. The van der Waals surface area contributed by atoms with E-state index in [2.05, 4.69) is 37.0 Å². The summed E-state index contributed by atoms with van der Waals surface area (Å²) in [6.45, 7) is 21.5. The molecule has 356 valence electrons. The van der Waals surface area contributed by atoms with E-state index in [0.29, 0.717) is 62.0 Å². The summed E-state index contributed by atoms with van der Waals surface area (Å²) in [5.41, 5.74) is 3.29. The Morgan fingerprint density at radius 3 is 1.24 bits per heavy atom. The Labute approximate surface area is 369 Å². The lowest BCUT2D eigenvalue weighted by molar-refractivity contribution is -0.143. The zero-order valence-corrected chi connectivity index (χ0v) is 38.5. The minimum Gasteiger partial charge on any atom is -0.481 e. The van der Waals surface area contributed by atoms with Crippen molar-refractivity contribution in [1.82, 2.24) is 37.0 Å². The third-order valence-corrected chi connectivity index (χ3v) is 10.3. The van der Waals surface area contributed by atoms with Crippen molar-refractivity contribution in [2.24, 2.45) is 29.6 Å². The molecule has 0 unspecified atom stereocenters. The van der Waals surface area contributed by atoms with Gasteiger partial charge < -0.3 is 39.7 Å². The van der Waals surface area contributed by atoms with Gasteiger partial charge in [-0.15, -0.1) is 10.2 Å². The van der Waals surface area contributed by atoms with Crippen LogP contribution in [0.15, 0.2) is 4.42 Å². The number of hydrogen-bond acceptors (Lipinski definition) is 12. The van der Waals surface area contributed by atoms with Gasteiger partial charge in [-0.2, -0.15) is 0 Å². The lowest BCUT2D eigenvalue weighted by Crippen LogP contribution is -2.44. The van der Waals surface area contributed by atoms with E-state index in [1.165, 1.54) is 6.92 Å². The van der Waals surface area contributed by atoms with Gasteiger partial charge in [0.25, 0.3) is 0 Å². The highest BCUT2D eigenvalue weighted by molar-refractivity contribution is 5.82. The molecule has 3 saturated carbocycles. The number of aryl methyl sites for hydroxylation is 1. The molecule has 0 bridgehead atoms. The molecule has 0 atom stereocenters. The van der Waals surface area contributed by atoms with Crippen LogP contribution in [-0.2, 0) is 28.6 Å². The van der Waals surface area contributed by atoms with Crippen LogP contribution in [0.5, 0.6) is 0 Å². The van der Waals surface area contributed by atoms with Crippen molar-refractivity contribution in [1.29, 1.82) is 0 Å². The molecule has 18 heteroatoms. The second kappa shape index (κ2) is 26.1. The standard InChI is InChI=1S/C15H27N3O4.C15H25N3O3.C13H23NO4.CH4/c1-10(19)17-18-13(20)12-7-5-11(6-8-12)9-16-14(21)22-15(2,3)4;1-10-17-18-13(20-10)12-7-5-11(6-8-12)9-16-14(19)21-15(2,3)4;1-13(2,3)18-12(17)14-8-9-4-6-10(7-5-9)11(15)16;/h11-12H,5-9H2,1-4H3,(H,16,21)(H,17,19)(H,18,20);11-12H,5-9H2,1-4H3,(H,16,19);9-10H,4-8H2,1-3H3,(H,14,17)(H,15,16);1H4. The molecule has 3 aliphatic carbocycles. The van der Waals surface area contributed by atoms with Gasteiger partial charge in [0, 0.05) is 45.3 Å². The summed E-state index contributed by atoms with van der Waals surface area (Å²) in [4.78, 5) is 68.0. The second-order valence-corrected chi connectivity index (χ2v) is 19.5. The molecule has 1 aromatic rings. The predicted molar refractivity (Wildman–Crippen MR) is 234 cm³/mol. The van der Waals surface area contributed by atoms with Crippen LogP contribution < -0.4 is 26.8 Å². The number of aromatic nitrogens is 2. The van der Waals surface area contributed by atoms with Crippen molar-refractivity contribution in [3.63, 3.8) is 0 Å². The van der Waals surface area contributed by atoms with E-state index in [1.807, 2.05) is 69.2 Å². The van der Waals surface area contributed by atoms with Crippen LogP contribution in [0.3, 0.4) is 0 Å². The predicted octanol–water partition coefficient (Wildman–Crippen LogP) is 7.70. The number of carboxylic acid groups (broad SMARTS) is 1. The molecule has 62 heavy (non-hydrogen) atoms. The van der Waals surface area contributed by atoms with Crippen LogP contribution in [0.2, 0.25) is 0 Å². The molecule has 6 N–H and O–H groups in total. The van der Waals surface area contributed by atoms with Crippen LogP contribution in [-0.4, -0.2) is 87.8 Å². The first-order valence-electron chi connectivity index (χ1n) is 21.8. The third-order valence-electron chi connectivity index (χ3n) is 10.3. The van der Waals surface area contributed by atoms with E-state index in [9.17, 15) is 28.8 Å². The van der Waals surface area contributed by atoms with Gasteiger partial charge >= 0.3 is 24.2 Å². The first kappa shape index (κ1) is 55.4. The Morgan fingerprint density at radius 2 is 0.935 bits per heavy atom. The fourth-order valence-corrected chi connectivity index (χ4v) is 7.21. The van der Waals surface area contributed by atoms with E-state index in [-0.39, 0.29) is 37.2 Å². The van der Waals surface area contributed by atoms with E-state index >= 15 is 0 Å². The highest BCUT2D eigenvalue weighted by Crippen LogP contribution is 2.35. The molecule has 0 spiro atoms. The van der Waals surface area contributed by atoms with E-state index in [1.54, 1.807) is 0 Å². The zero-order valence-electron chi connectivity index (χ0n) is 38.5. The van der Waals surface area contributed by atoms with Crippen molar-refractivity contribution >= 4 is 36.1 Å². The van der Waals surface area contributed by atoms with Gasteiger partial charge in [-0.3, -0.25) is 25.2 Å². The van der Waals surface area contributed by atoms with Crippen LogP contribution >= 0.6 is 0 Å². The third kappa shape index (κ3) is 24.7. The number of hydrogen-bond donors (Lipinski definition) is 6. The molecule has 3 fully saturated rings. The lowest BCUT2D eigenvalue weighted by atomic mass is 9.81. The molecule has 3 aliphatic rings. The van der Waals surface area contributed by atoms with Crippen molar-refractivity contribution in [3.8, 4) is 0 Å². The Kier molecular flexibility index (Phi) is 23.3. The van der Waals surface area contributed by atoms with Crippen LogP contribution in [0.1, 0.15) is 171 Å². The quantitative estimate of drug-likeness (QED) is 0.103. The Bertz CT molecular complexity index is 1540. The average molecular weight is 882 g/mol. The zero-order chi connectivity index (χ0) is 46.0. The van der Waals surface area contributed by atoms with Gasteiger partial charge in [0.1, 0.15) is 16.8 Å². The molecule has 0 aromatic carbocycles. The minimum atomic E-state index is -0.700. The Hall–Kier alpha value is -4.64. The number of carbonyl (C=O) groups is 6. The molecular formula is C44H79N7O11. The highest BCUT2D eigenvalue weighted by Gasteiger charge is 2.29. The van der Waals surface area contributed by atoms with Crippen molar-refractivity contribution in [2.45, 2.75) is 183 Å². The first-order chi connectivity index (χ1) is 28.3. The number of alkyl carbamates (subject to hydrolysis) is 3. The number of nitrogens with one attached hydrogen (secondary N) is 5. The highest BCUT2D eigenvalue weighted by atomic mass is 16.6. The maximum atomic E-state index is 11.8. The van der Waals surface area contributed by atoms with E-state index < -0.39 is 35.0 Å². The van der Waals surface area contributed by atoms with E-state index in [4.69, 9.17) is 23.7 Å². The number of carbonyl (C=O) groups excluding carboxylic acids is 5. The van der Waals surface area contributed by atoms with Crippen molar-refractivity contribution < 1.29 is 52.5 Å². The van der Waals surface area contributed by atoms with Gasteiger partial charge in [0.2, 0.25) is 23.6 Å². The maximum absolute atomic E-state index is 11.8. The summed E-state index contributed by atoms with van der Waals surface area (Å²) in [5, 5.41) is 25.2. The minimum absolute atomic E-state index is 0. The summed E-state index contributed by atoms with van der Waals surface area (Å²) < 4.78 is 21.1. The van der Waals surface area contributed by atoms with Gasteiger partial charge in [-0.05, 0) is 157 Å². The number of aliphatic carboxylic acids is 1. The number of hydrazine groups is 1. The fourth-order valence-electron chi connectivity index (χ4n) is 7.21. The number of ether oxygens (including phenoxy) is 3. The molecule has 0 saturated heterocycles. The fraction of sp³-hybridized carbons (Fsp3) is 0.818. The molecule has 1 heterocycles. The van der Waals surface area contributed by atoms with Gasteiger partial charge in [-0.1, -0.05) is 7.43 Å². The summed E-state index contributed by atoms with van der Waals surface area (Å²) >= 11 is 0. The number of nitrogens with zero attached hydrogens (tertiary/aromatic N) is 2. The summed E-state index contributed by atoms with van der Waals surface area (Å²) in [5.74, 6) is 1.55. The molecule has 4 rings (SSSR count). The number of rotatable bonds is 9. The normalized spacial score (nSPS) is 22.5. The van der Waals surface area contributed by atoms with Crippen LogP contribution in [0.4, 0.5) is 14.4 Å². The monoisotopic (exact) mass is 882 g/mol. The molecule has 1 aromatic heterocycles. The molecule has 0 aliphatic heterocycles. The number of amides is 5. The molecular weight excluding hydrogens is 803 g/mol. The molecule has 0 radical (unpaired) electrons. The van der Waals surface area contributed by atoms with Crippen LogP contribution in [0, 0.1) is 36.5 Å². The Morgan fingerprint density at radius 1 is 0.581 bits per heavy atom. The smallest absolute Gasteiger partial charge is 0.407 e.